The predicted octanol–water partition coefficient (Wildman–Crippen LogP) is 5.93. The molecule has 1 spiro atoms. The van der Waals surface area contributed by atoms with Gasteiger partial charge < -0.3 is 5.32 Å². The molecular formula is C25H29N3OS. The van der Waals surface area contributed by atoms with Crippen LogP contribution in [0.1, 0.15) is 55.2 Å². The molecule has 0 bridgehead atoms. The molecule has 5 heteroatoms. The third-order valence-electron chi connectivity index (χ3n) is 5.91. The van der Waals surface area contributed by atoms with Crippen molar-refractivity contribution >= 4 is 34.1 Å². The zero-order chi connectivity index (χ0) is 21.0. The molecule has 0 aromatic heterocycles. The second kappa shape index (κ2) is 9.17. The molecule has 4 nitrogen and oxygen atoms in total. The van der Waals surface area contributed by atoms with Gasteiger partial charge in [0.1, 0.15) is 5.04 Å². The maximum atomic E-state index is 12.6. The van der Waals surface area contributed by atoms with Crippen molar-refractivity contribution in [1.29, 1.82) is 0 Å². The molecule has 2 aromatic carbocycles. The Hall–Kier alpha value is -2.40. The van der Waals surface area contributed by atoms with Gasteiger partial charge in [-0.25, -0.2) is 4.99 Å². The quantitative estimate of drug-likeness (QED) is 0.668. The molecule has 0 radical (unpaired) electrons. The first-order valence-corrected chi connectivity index (χ1v) is 11.8. The van der Waals surface area contributed by atoms with Gasteiger partial charge in [0.25, 0.3) is 0 Å². The molecule has 4 rings (SSSR count). The van der Waals surface area contributed by atoms with Crippen LogP contribution in [0.5, 0.6) is 0 Å². The average molecular weight is 420 g/mol. The number of hydrogen-bond acceptors (Lipinski definition) is 4. The first-order valence-electron chi connectivity index (χ1n) is 10.8. The molecule has 1 saturated carbocycles. The number of aryl methyl sites for hydroxylation is 2. The summed E-state index contributed by atoms with van der Waals surface area (Å²) in [6, 6.07) is 16.3. The van der Waals surface area contributed by atoms with Gasteiger partial charge in [0, 0.05) is 11.3 Å². The molecule has 0 atom stereocenters. The van der Waals surface area contributed by atoms with Crippen LogP contribution in [-0.2, 0) is 4.79 Å². The van der Waals surface area contributed by atoms with Gasteiger partial charge >= 0.3 is 0 Å². The summed E-state index contributed by atoms with van der Waals surface area (Å²) in [4.78, 5) is 22.8. The Morgan fingerprint density at radius 3 is 2.40 bits per heavy atom. The summed E-state index contributed by atoms with van der Waals surface area (Å²) >= 11 is 1.50. The Morgan fingerprint density at radius 2 is 1.70 bits per heavy atom. The van der Waals surface area contributed by atoms with Crippen molar-refractivity contribution < 1.29 is 4.79 Å². The number of aliphatic imine (C=N–C) groups is 2. The van der Waals surface area contributed by atoms with Crippen molar-refractivity contribution in [3.05, 3.63) is 65.2 Å². The van der Waals surface area contributed by atoms with Gasteiger partial charge in [0.2, 0.25) is 5.91 Å². The molecule has 156 valence electrons. The minimum Gasteiger partial charge on any atom is -0.325 e. The fourth-order valence-corrected chi connectivity index (χ4v) is 4.95. The molecule has 0 unspecified atom stereocenters. The van der Waals surface area contributed by atoms with Gasteiger partial charge in [0.15, 0.2) is 5.66 Å². The van der Waals surface area contributed by atoms with Crippen molar-refractivity contribution in [3.63, 3.8) is 0 Å². The minimum absolute atomic E-state index is 0.0137. The van der Waals surface area contributed by atoms with Gasteiger partial charge in [0.05, 0.1) is 11.5 Å². The lowest BCUT2D eigenvalue weighted by Gasteiger charge is -2.20. The highest BCUT2D eigenvalue weighted by atomic mass is 32.2. The van der Waals surface area contributed by atoms with Crippen LogP contribution in [0.3, 0.4) is 0 Å². The van der Waals surface area contributed by atoms with Crippen molar-refractivity contribution in [2.24, 2.45) is 9.98 Å². The topological polar surface area (TPSA) is 53.8 Å². The number of carbonyl (C=O) groups is 1. The third-order valence-corrected chi connectivity index (χ3v) is 6.88. The third kappa shape index (κ3) is 4.84. The van der Waals surface area contributed by atoms with E-state index in [4.69, 9.17) is 9.98 Å². The summed E-state index contributed by atoms with van der Waals surface area (Å²) in [5.74, 6) is 0.313. The van der Waals surface area contributed by atoms with Crippen molar-refractivity contribution in [2.75, 3.05) is 11.1 Å². The highest BCUT2D eigenvalue weighted by Crippen LogP contribution is 2.37. The number of rotatable bonds is 4. The summed E-state index contributed by atoms with van der Waals surface area (Å²) in [5.41, 5.74) is 4.94. The summed E-state index contributed by atoms with van der Waals surface area (Å²) in [6.45, 7) is 4.13. The molecular weight excluding hydrogens is 390 g/mol. The van der Waals surface area contributed by atoms with Crippen LogP contribution in [0, 0.1) is 13.8 Å². The Bertz CT molecular complexity index is 973. The van der Waals surface area contributed by atoms with Gasteiger partial charge in [-0.15, -0.1) is 0 Å². The Kier molecular flexibility index (Phi) is 6.38. The Labute approximate surface area is 183 Å². The van der Waals surface area contributed by atoms with E-state index in [1.165, 1.54) is 48.6 Å². The number of amides is 1. The molecule has 1 aliphatic carbocycles. The van der Waals surface area contributed by atoms with Gasteiger partial charge in [-0.3, -0.25) is 9.79 Å². The summed E-state index contributed by atoms with van der Waals surface area (Å²) in [6.07, 6.45) is 6.85. The normalized spacial score (nSPS) is 17.9. The summed E-state index contributed by atoms with van der Waals surface area (Å²) in [5, 5.41) is 3.92. The number of anilines is 1. The molecule has 1 fully saturated rings. The lowest BCUT2D eigenvalue weighted by atomic mass is 10.0. The fraction of sp³-hybridized carbons (Fsp3) is 0.400. The van der Waals surface area contributed by atoms with Crippen LogP contribution in [0.4, 0.5) is 5.69 Å². The largest absolute Gasteiger partial charge is 0.325 e. The molecule has 30 heavy (non-hydrogen) atoms. The molecule has 2 aromatic rings. The number of hydrogen-bond donors (Lipinski definition) is 1. The van der Waals surface area contributed by atoms with Gasteiger partial charge in [-0.2, -0.15) is 0 Å². The number of nitrogens with one attached hydrogen (secondary N) is 1. The van der Waals surface area contributed by atoms with E-state index in [0.717, 1.165) is 34.8 Å². The predicted molar refractivity (Wildman–Crippen MR) is 128 cm³/mol. The SMILES string of the molecule is Cc1ccc(NC(=O)CSC2=NC3(CCCCCC3)N=C2c2ccccc2)cc1C. The summed E-state index contributed by atoms with van der Waals surface area (Å²) < 4.78 is 0. The van der Waals surface area contributed by atoms with Gasteiger partial charge in [-0.1, -0.05) is 61.0 Å². The van der Waals surface area contributed by atoms with E-state index in [-0.39, 0.29) is 11.6 Å². The van der Waals surface area contributed by atoms with Crippen molar-refractivity contribution in [3.8, 4) is 0 Å². The maximum absolute atomic E-state index is 12.6. The highest BCUT2D eigenvalue weighted by molar-refractivity contribution is 8.16. The van der Waals surface area contributed by atoms with Crippen LogP contribution < -0.4 is 5.32 Å². The second-order valence-electron chi connectivity index (χ2n) is 8.28. The number of benzene rings is 2. The first-order chi connectivity index (χ1) is 14.5. The zero-order valence-corrected chi connectivity index (χ0v) is 18.6. The molecule has 1 aliphatic heterocycles. The Balaban J connectivity index is 1.49. The van der Waals surface area contributed by atoms with Crippen LogP contribution in [0.15, 0.2) is 58.5 Å². The van der Waals surface area contributed by atoms with Crippen molar-refractivity contribution in [2.45, 2.75) is 58.0 Å². The minimum atomic E-state index is -0.325. The monoisotopic (exact) mass is 419 g/mol. The molecule has 2 aliphatic rings. The van der Waals surface area contributed by atoms with E-state index in [0.29, 0.717) is 5.75 Å². The first kappa shape index (κ1) is 20.9. The van der Waals surface area contributed by atoms with E-state index < -0.39 is 0 Å². The standard InChI is InChI=1S/C25H29N3OS/c1-18-12-13-21(16-19(18)2)26-22(29)17-30-24-23(20-10-6-5-7-11-20)27-25(28-24)14-8-3-4-9-15-25/h5-7,10-13,16H,3-4,8-9,14-15,17H2,1-2H3,(H,26,29). The zero-order valence-electron chi connectivity index (χ0n) is 17.8. The molecule has 0 saturated heterocycles. The van der Waals surface area contributed by atoms with Crippen LogP contribution in [0.25, 0.3) is 0 Å². The van der Waals surface area contributed by atoms with Crippen LogP contribution in [0.2, 0.25) is 0 Å². The van der Waals surface area contributed by atoms with Crippen LogP contribution in [-0.4, -0.2) is 28.1 Å². The highest BCUT2D eigenvalue weighted by Gasteiger charge is 2.37. The number of nitrogens with zero attached hydrogens (tertiary/aromatic N) is 2. The molecule has 1 N–H and O–H groups in total. The number of thioether (sulfide) groups is 1. The van der Waals surface area contributed by atoms with Crippen molar-refractivity contribution in [1.82, 2.24) is 0 Å². The van der Waals surface area contributed by atoms with E-state index >= 15 is 0 Å². The molecule has 1 amide bonds. The lowest BCUT2D eigenvalue weighted by molar-refractivity contribution is -0.113. The number of carbonyl (C=O) groups excluding carboxylic acids is 1. The Morgan fingerprint density at radius 1 is 0.967 bits per heavy atom. The smallest absolute Gasteiger partial charge is 0.234 e. The molecule has 1 heterocycles. The maximum Gasteiger partial charge on any atom is 0.234 e. The lowest BCUT2D eigenvalue weighted by Crippen LogP contribution is -2.20. The van der Waals surface area contributed by atoms with Crippen LogP contribution >= 0.6 is 11.8 Å². The second-order valence-corrected chi connectivity index (χ2v) is 9.24. The van der Waals surface area contributed by atoms with E-state index in [1.807, 2.05) is 36.4 Å². The van der Waals surface area contributed by atoms with Gasteiger partial charge in [-0.05, 0) is 62.8 Å². The average Bonchev–Trinajstić information content (AvgIpc) is 2.94. The summed E-state index contributed by atoms with van der Waals surface area (Å²) in [7, 11) is 0. The fourth-order valence-electron chi connectivity index (χ4n) is 4.08. The van der Waals surface area contributed by atoms with E-state index in [9.17, 15) is 4.79 Å². The van der Waals surface area contributed by atoms with E-state index in [2.05, 4.69) is 31.3 Å². The van der Waals surface area contributed by atoms with E-state index in [1.54, 1.807) is 0 Å².